The Balaban J connectivity index is 3.35. The van der Waals surface area contributed by atoms with E-state index in [4.69, 9.17) is 9.47 Å². The van der Waals surface area contributed by atoms with Gasteiger partial charge in [0.15, 0.2) is 12.1 Å². The van der Waals surface area contributed by atoms with Gasteiger partial charge in [0.2, 0.25) is 0 Å². The third kappa shape index (κ3) is 7.19. The zero-order chi connectivity index (χ0) is 12.6. The summed E-state index contributed by atoms with van der Waals surface area (Å²) in [5.74, 6) is -0.605. The highest BCUT2D eigenvalue weighted by molar-refractivity contribution is 5.73. The van der Waals surface area contributed by atoms with Crippen molar-refractivity contribution in [1.82, 2.24) is 0 Å². The molecular formula is C10H22N2O4+2. The minimum Gasteiger partial charge on any atom is -0.461 e. The van der Waals surface area contributed by atoms with Crippen molar-refractivity contribution < 1.29 is 30.5 Å². The molecule has 0 heterocycles. The van der Waals surface area contributed by atoms with Gasteiger partial charge >= 0.3 is 11.9 Å². The van der Waals surface area contributed by atoms with E-state index in [0.717, 1.165) is 0 Å². The maximum absolute atomic E-state index is 11.0. The van der Waals surface area contributed by atoms with E-state index in [1.165, 1.54) is 0 Å². The number of esters is 2. The minimum atomic E-state index is -0.343. The molecule has 16 heavy (non-hydrogen) atoms. The Hall–Kier alpha value is -1.14. The normalized spacial score (nSPS) is 14.0. The van der Waals surface area contributed by atoms with Gasteiger partial charge in [0, 0.05) is 0 Å². The first kappa shape index (κ1) is 14.9. The van der Waals surface area contributed by atoms with Crippen LogP contribution in [0, 0.1) is 0 Å². The Morgan fingerprint density at radius 2 is 1.25 bits per heavy atom. The van der Waals surface area contributed by atoms with E-state index < -0.39 is 0 Å². The molecule has 0 fully saturated rings. The number of hydrogen-bond acceptors (Lipinski definition) is 4. The molecule has 0 aromatic heterocycles. The van der Waals surface area contributed by atoms with Gasteiger partial charge in [0.1, 0.15) is 0 Å². The van der Waals surface area contributed by atoms with E-state index in [1.807, 2.05) is 0 Å². The lowest BCUT2D eigenvalue weighted by Crippen LogP contribution is -2.63. The van der Waals surface area contributed by atoms with E-state index >= 15 is 0 Å². The number of quaternary nitrogens is 2. The topological polar surface area (TPSA) is 108 Å². The van der Waals surface area contributed by atoms with Crippen molar-refractivity contribution in [2.75, 3.05) is 13.2 Å². The van der Waals surface area contributed by atoms with Gasteiger partial charge in [-0.05, 0) is 26.7 Å². The lowest BCUT2D eigenvalue weighted by molar-refractivity contribution is -0.403. The molecule has 6 N–H and O–H groups in total. The highest BCUT2D eigenvalue weighted by Crippen LogP contribution is 1.94. The quantitative estimate of drug-likeness (QED) is 0.397. The van der Waals surface area contributed by atoms with Gasteiger partial charge in [-0.25, -0.2) is 9.59 Å². The van der Waals surface area contributed by atoms with Crippen LogP contribution in [0.5, 0.6) is 0 Å². The zero-order valence-corrected chi connectivity index (χ0v) is 10.0. The molecule has 0 saturated carbocycles. The minimum absolute atomic E-state index is 0.302. The first-order valence-corrected chi connectivity index (χ1v) is 5.44. The predicted octanol–water partition coefficient (Wildman–Crippen LogP) is -1.89. The Morgan fingerprint density at radius 3 is 1.50 bits per heavy atom. The van der Waals surface area contributed by atoms with Crippen molar-refractivity contribution in [3.8, 4) is 0 Å². The molecule has 0 aromatic rings. The van der Waals surface area contributed by atoms with Crippen LogP contribution in [0.25, 0.3) is 0 Å². The van der Waals surface area contributed by atoms with E-state index in [9.17, 15) is 9.59 Å². The Labute approximate surface area is 95.3 Å². The average Bonchev–Trinajstić information content (AvgIpc) is 2.21. The van der Waals surface area contributed by atoms with Crippen molar-refractivity contribution in [2.24, 2.45) is 0 Å². The van der Waals surface area contributed by atoms with Gasteiger partial charge in [0.05, 0.1) is 13.2 Å². The third-order valence-corrected chi connectivity index (χ3v) is 1.83. The Kier molecular flexibility index (Phi) is 7.49. The van der Waals surface area contributed by atoms with E-state index in [2.05, 4.69) is 11.5 Å². The van der Waals surface area contributed by atoms with Crippen LogP contribution < -0.4 is 11.5 Å². The number of rotatable bonds is 7. The second-order valence-electron chi connectivity index (χ2n) is 3.84. The third-order valence-electron chi connectivity index (χ3n) is 1.83. The van der Waals surface area contributed by atoms with Crippen LogP contribution in [-0.4, -0.2) is 37.2 Å². The average molecular weight is 234 g/mol. The summed E-state index contributed by atoms with van der Waals surface area (Å²) in [6.45, 7) is 4.05. The van der Waals surface area contributed by atoms with Gasteiger partial charge in [-0.2, -0.15) is 0 Å². The molecule has 2 unspecified atom stereocenters. The monoisotopic (exact) mass is 234 g/mol. The molecule has 0 bridgehead atoms. The first-order chi connectivity index (χ1) is 7.45. The van der Waals surface area contributed by atoms with E-state index in [1.54, 1.807) is 13.8 Å². The molecule has 6 nitrogen and oxygen atoms in total. The summed E-state index contributed by atoms with van der Waals surface area (Å²) >= 11 is 0. The highest BCUT2D eigenvalue weighted by atomic mass is 16.5. The molecule has 0 aliphatic heterocycles. The number of carbonyl (C=O) groups excluding carboxylic acids is 2. The van der Waals surface area contributed by atoms with Crippen molar-refractivity contribution >= 4 is 11.9 Å². The maximum atomic E-state index is 11.0. The summed E-state index contributed by atoms with van der Waals surface area (Å²) in [5.41, 5.74) is 7.09. The molecule has 2 atom stereocenters. The van der Waals surface area contributed by atoms with E-state index in [0.29, 0.717) is 26.1 Å². The van der Waals surface area contributed by atoms with Crippen molar-refractivity contribution in [2.45, 2.75) is 38.8 Å². The molecule has 0 radical (unpaired) electrons. The smallest absolute Gasteiger partial charge is 0.364 e. The maximum Gasteiger partial charge on any atom is 0.364 e. The van der Waals surface area contributed by atoms with Crippen LogP contribution in [0.4, 0.5) is 0 Å². The molecule has 0 aliphatic rings. The Morgan fingerprint density at radius 1 is 0.938 bits per heavy atom. The number of ether oxygens (including phenoxy) is 2. The fraction of sp³-hybridized carbons (Fsp3) is 0.800. The van der Waals surface area contributed by atoms with E-state index in [-0.39, 0.29) is 24.0 Å². The highest BCUT2D eigenvalue weighted by Gasteiger charge is 2.12. The molecule has 0 rings (SSSR count). The predicted molar refractivity (Wildman–Crippen MR) is 55.9 cm³/mol. The van der Waals surface area contributed by atoms with Gasteiger partial charge in [0.25, 0.3) is 0 Å². The molecule has 94 valence electrons. The summed E-state index contributed by atoms with van der Waals surface area (Å²) in [6.07, 6.45) is 1.36. The van der Waals surface area contributed by atoms with Crippen molar-refractivity contribution in [3.63, 3.8) is 0 Å². The van der Waals surface area contributed by atoms with Crippen LogP contribution in [0.3, 0.4) is 0 Å². The largest absolute Gasteiger partial charge is 0.461 e. The molecule has 0 amide bonds. The van der Waals surface area contributed by atoms with Crippen LogP contribution in [0.2, 0.25) is 0 Å². The molecule has 0 spiro atoms. The fourth-order valence-corrected chi connectivity index (χ4v) is 0.834. The summed E-state index contributed by atoms with van der Waals surface area (Å²) in [7, 11) is 0. The second kappa shape index (κ2) is 8.06. The number of unbranched alkanes of at least 4 members (excludes halogenated alkanes) is 1. The SMILES string of the molecule is CC([NH3+])C(=O)OCCCCOC(=O)C(C)[NH3+]. The molecule has 0 saturated heterocycles. The van der Waals surface area contributed by atoms with Crippen LogP contribution in [-0.2, 0) is 19.1 Å². The number of carbonyl (C=O) groups is 2. The summed E-state index contributed by atoms with van der Waals surface area (Å²) in [4.78, 5) is 22.0. The summed E-state index contributed by atoms with van der Waals surface area (Å²) in [5, 5.41) is 0. The second-order valence-corrected chi connectivity index (χ2v) is 3.84. The van der Waals surface area contributed by atoms with Crippen LogP contribution in [0.1, 0.15) is 26.7 Å². The number of hydrogen-bond donors (Lipinski definition) is 2. The van der Waals surface area contributed by atoms with Crippen molar-refractivity contribution in [1.29, 1.82) is 0 Å². The molecule has 0 aromatic carbocycles. The Bertz CT molecular complexity index is 205. The van der Waals surface area contributed by atoms with Gasteiger partial charge in [-0.1, -0.05) is 0 Å². The van der Waals surface area contributed by atoms with Gasteiger partial charge in [-0.15, -0.1) is 0 Å². The summed E-state index contributed by atoms with van der Waals surface area (Å²) < 4.78 is 9.81. The molecule has 6 heteroatoms. The van der Waals surface area contributed by atoms with Crippen LogP contribution >= 0.6 is 0 Å². The van der Waals surface area contributed by atoms with Gasteiger partial charge in [-0.3, -0.25) is 0 Å². The molecular weight excluding hydrogens is 212 g/mol. The lowest BCUT2D eigenvalue weighted by Gasteiger charge is -2.06. The standard InChI is InChI=1S/C10H20N2O4/c1-7(11)9(13)15-5-3-4-6-16-10(14)8(2)12/h7-8H,3-6,11-12H2,1-2H3/p+2. The fourth-order valence-electron chi connectivity index (χ4n) is 0.834. The van der Waals surface area contributed by atoms with Crippen LogP contribution in [0.15, 0.2) is 0 Å². The van der Waals surface area contributed by atoms with Gasteiger partial charge < -0.3 is 20.9 Å². The van der Waals surface area contributed by atoms with Crippen molar-refractivity contribution in [3.05, 3.63) is 0 Å². The first-order valence-electron chi connectivity index (χ1n) is 5.44. The lowest BCUT2D eigenvalue weighted by atomic mass is 10.3. The molecule has 0 aliphatic carbocycles. The summed E-state index contributed by atoms with van der Waals surface area (Å²) in [6, 6.07) is -0.685. The zero-order valence-electron chi connectivity index (χ0n) is 10.0.